The zero-order chi connectivity index (χ0) is 19.4. The lowest BCUT2D eigenvalue weighted by Gasteiger charge is -2.09. The van der Waals surface area contributed by atoms with E-state index in [1.807, 2.05) is 24.3 Å². The molecule has 0 unspecified atom stereocenters. The van der Waals surface area contributed by atoms with E-state index in [0.29, 0.717) is 0 Å². The van der Waals surface area contributed by atoms with E-state index in [2.05, 4.69) is 66.7 Å². The smallest absolute Gasteiger partial charge is 0.143 e. The maximum absolute atomic E-state index is 6.53. The van der Waals surface area contributed by atoms with Gasteiger partial charge in [0.15, 0.2) is 0 Å². The van der Waals surface area contributed by atoms with Gasteiger partial charge in [0.05, 0.1) is 0 Å². The van der Waals surface area contributed by atoms with Crippen molar-refractivity contribution in [3.63, 3.8) is 0 Å². The number of hydrogen-bond acceptors (Lipinski definition) is 1. The van der Waals surface area contributed by atoms with Gasteiger partial charge >= 0.3 is 0 Å². The molecule has 0 saturated heterocycles. The van der Waals surface area contributed by atoms with Gasteiger partial charge in [-0.2, -0.15) is 0 Å². The van der Waals surface area contributed by atoms with Gasteiger partial charge in [0.25, 0.3) is 0 Å². The zero-order valence-corrected chi connectivity index (χ0v) is 16.4. The molecule has 3 aliphatic rings. The Labute approximate surface area is 174 Å². The fourth-order valence-electron chi connectivity index (χ4n) is 4.42. The Morgan fingerprint density at radius 1 is 0.724 bits per heavy atom. The Hall–Kier alpha value is -3.29. The lowest BCUT2D eigenvalue weighted by Crippen LogP contribution is -1.88. The number of halogens is 1. The lowest BCUT2D eigenvalue weighted by atomic mass is 10.0. The second-order valence-electron chi connectivity index (χ2n) is 7.52. The summed E-state index contributed by atoms with van der Waals surface area (Å²) in [6.45, 7) is 0. The van der Waals surface area contributed by atoms with Crippen molar-refractivity contribution in [1.29, 1.82) is 0 Å². The van der Waals surface area contributed by atoms with Crippen molar-refractivity contribution in [2.24, 2.45) is 0 Å². The topological polar surface area (TPSA) is 13.1 Å². The average Bonchev–Trinajstić information content (AvgIpc) is 3.32. The van der Waals surface area contributed by atoms with Crippen LogP contribution in [0.5, 0.6) is 0 Å². The Balaban J connectivity index is 1.60. The van der Waals surface area contributed by atoms with Crippen molar-refractivity contribution < 1.29 is 4.42 Å². The summed E-state index contributed by atoms with van der Waals surface area (Å²) in [6, 6.07) is 29.2. The summed E-state index contributed by atoms with van der Waals surface area (Å²) in [5, 5.41) is 3.21. The van der Waals surface area contributed by atoms with Crippen molar-refractivity contribution in [1.82, 2.24) is 0 Å². The van der Waals surface area contributed by atoms with Gasteiger partial charge < -0.3 is 4.42 Å². The van der Waals surface area contributed by atoms with Crippen LogP contribution in [-0.2, 0) is 6.42 Å². The van der Waals surface area contributed by atoms with Gasteiger partial charge in [-0.15, -0.1) is 0 Å². The summed E-state index contributed by atoms with van der Waals surface area (Å²) in [7, 11) is 0. The summed E-state index contributed by atoms with van der Waals surface area (Å²) in [6.07, 6.45) is 3.24. The summed E-state index contributed by atoms with van der Waals surface area (Å²) in [5.41, 5.74) is 7.38. The standard InChI is InChI=1S/C27H17ClO/c28-21-11-9-17(10-12-21)25-14-13-24-22-7-3-4-8-23(22)26(27(24)29-25)20-15-18-5-1-2-6-19(18)16-20/h1-15H,16H2. The highest BCUT2D eigenvalue weighted by Gasteiger charge is 2.25. The molecule has 0 aromatic heterocycles. The lowest BCUT2D eigenvalue weighted by molar-refractivity contribution is 0.582. The second-order valence-corrected chi connectivity index (χ2v) is 7.95. The van der Waals surface area contributed by atoms with Crippen LogP contribution in [0.3, 0.4) is 0 Å². The van der Waals surface area contributed by atoms with Gasteiger partial charge in [-0.25, -0.2) is 0 Å². The van der Waals surface area contributed by atoms with Crippen LogP contribution in [0.2, 0.25) is 5.02 Å². The van der Waals surface area contributed by atoms with E-state index in [-0.39, 0.29) is 0 Å². The third-order valence-electron chi connectivity index (χ3n) is 5.79. The number of rotatable bonds is 2. The number of fused-ring (bicyclic) bond motifs is 4. The largest absolute Gasteiger partial charge is 0.455 e. The molecule has 2 heteroatoms. The summed E-state index contributed by atoms with van der Waals surface area (Å²) < 4.78 is 6.53. The van der Waals surface area contributed by atoms with Crippen molar-refractivity contribution in [3.05, 3.63) is 107 Å². The summed E-state index contributed by atoms with van der Waals surface area (Å²) in [5.74, 6) is 1.81. The molecule has 0 N–H and O–H groups in total. The Morgan fingerprint density at radius 3 is 2.31 bits per heavy atom. The molecule has 0 amide bonds. The molecule has 0 atom stereocenters. The molecule has 0 saturated carbocycles. The number of benzene rings is 3. The molecule has 6 rings (SSSR count). The third kappa shape index (κ3) is 2.62. The van der Waals surface area contributed by atoms with Gasteiger partial charge in [0.1, 0.15) is 11.5 Å². The number of allylic oxidation sites excluding steroid dienone is 1. The molecule has 1 aliphatic heterocycles. The highest BCUT2D eigenvalue weighted by molar-refractivity contribution is 6.30. The van der Waals surface area contributed by atoms with Crippen LogP contribution in [0.15, 0.2) is 89.3 Å². The van der Waals surface area contributed by atoms with Gasteiger partial charge in [-0.1, -0.05) is 66.2 Å². The van der Waals surface area contributed by atoms with Crippen LogP contribution in [0.25, 0.3) is 45.1 Å². The molecule has 3 aromatic carbocycles. The first kappa shape index (κ1) is 16.6. The maximum Gasteiger partial charge on any atom is 0.143 e. The Kier molecular flexibility index (Phi) is 3.65. The predicted octanol–water partition coefficient (Wildman–Crippen LogP) is 7.95. The second kappa shape index (κ2) is 6.37. The molecule has 0 spiro atoms. The van der Waals surface area contributed by atoms with Crippen LogP contribution in [-0.4, -0.2) is 0 Å². The monoisotopic (exact) mass is 392 g/mol. The first-order chi connectivity index (χ1) is 14.3. The molecule has 3 aromatic rings. The molecule has 2 aliphatic carbocycles. The number of hydrogen-bond donors (Lipinski definition) is 0. The minimum Gasteiger partial charge on any atom is -0.455 e. The Bertz CT molecular complexity index is 1370. The molecular formula is C27H17ClO. The van der Waals surface area contributed by atoms with Crippen LogP contribution in [0.4, 0.5) is 0 Å². The van der Waals surface area contributed by atoms with E-state index in [9.17, 15) is 0 Å². The third-order valence-corrected chi connectivity index (χ3v) is 6.04. The molecule has 0 fully saturated rings. The van der Waals surface area contributed by atoms with E-state index in [0.717, 1.165) is 34.1 Å². The molecule has 0 bridgehead atoms. The molecule has 1 nitrogen and oxygen atoms in total. The van der Waals surface area contributed by atoms with Crippen LogP contribution >= 0.6 is 11.6 Å². The quantitative estimate of drug-likeness (QED) is 0.297. The van der Waals surface area contributed by atoms with Crippen LogP contribution in [0.1, 0.15) is 16.7 Å². The molecule has 1 heterocycles. The van der Waals surface area contributed by atoms with Gasteiger partial charge in [0, 0.05) is 21.7 Å². The minimum absolute atomic E-state index is 0.725. The first-order valence-corrected chi connectivity index (χ1v) is 10.1. The van der Waals surface area contributed by atoms with Gasteiger partial charge in [-0.05, 0) is 70.3 Å². The minimum atomic E-state index is 0.725. The molecule has 29 heavy (non-hydrogen) atoms. The van der Waals surface area contributed by atoms with E-state index >= 15 is 0 Å². The Morgan fingerprint density at radius 2 is 1.48 bits per heavy atom. The molecule has 138 valence electrons. The molecule has 0 radical (unpaired) electrons. The van der Waals surface area contributed by atoms with Crippen LogP contribution < -0.4 is 0 Å². The highest BCUT2D eigenvalue weighted by atomic mass is 35.5. The first-order valence-electron chi connectivity index (χ1n) is 9.77. The van der Waals surface area contributed by atoms with Crippen molar-refractivity contribution in [3.8, 4) is 22.6 Å². The van der Waals surface area contributed by atoms with Gasteiger partial charge in [-0.3, -0.25) is 0 Å². The maximum atomic E-state index is 6.53. The average molecular weight is 393 g/mol. The predicted molar refractivity (Wildman–Crippen MR) is 121 cm³/mol. The van der Waals surface area contributed by atoms with E-state index in [1.54, 1.807) is 0 Å². The zero-order valence-electron chi connectivity index (χ0n) is 15.7. The normalized spacial score (nSPS) is 13.1. The summed E-state index contributed by atoms with van der Waals surface area (Å²) in [4.78, 5) is 0. The molecular weight excluding hydrogens is 376 g/mol. The highest BCUT2D eigenvalue weighted by Crippen LogP contribution is 2.47. The van der Waals surface area contributed by atoms with Crippen molar-refractivity contribution in [2.45, 2.75) is 6.42 Å². The fraction of sp³-hybridized carbons (Fsp3) is 0.0370. The van der Waals surface area contributed by atoms with Crippen LogP contribution in [0, 0.1) is 0 Å². The van der Waals surface area contributed by atoms with E-state index < -0.39 is 0 Å². The van der Waals surface area contributed by atoms with Gasteiger partial charge in [0.2, 0.25) is 0 Å². The fourth-order valence-corrected chi connectivity index (χ4v) is 4.54. The van der Waals surface area contributed by atoms with Crippen molar-refractivity contribution >= 4 is 34.0 Å². The van der Waals surface area contributed by atoms with E-state index in [1.165, 1.54) is 33.0 Å². The van der Waals surface area contributed by atoms with Crippen molar-refractivity contribution in [2.75, 3.05) is 0 Å². The SMILES string of the molecule is Clc1ccc(-c2ccc3c4ccccc4c(C4=Cc5ccccc5C4)c-3o2)cc1. The van der Waals surface area contributed by atoms with E-state index in [4.69, 9.17) is 16.0 Å². The summed E-state index contributed by atoms with van der Waals surface area (Å²) >= 11 is 6.07.